The van der Waals surface area contributed by atoms with Gasteiger partial charge in [0.1, 0.15) is 5.82 Å². The third-order valence-electron chi connectivity index (χ3n) is 2.36. The third kappa shape index (κ3) is 1.93. The van der Waals surface area contributed by atoms with Gasteiger partial charge in [-0.2, -0.15) is 0 Å². The maximum absolute atomic E-state index is 11.1. The van der Waals surface area contributed by atoms with E-state index >= 15 is 0 Å². The molecule has 5 nitrogen and oxygen atoms in total. The second kappa shape index (κ2) is 3.79. The second-order valence-electron chi connectivity index (χ2n) is 3.57. The van der Waals surface area contributed by atoms with E-state index < -0.39 is 0 Å². The van der Waals surface area contributed by atoms with Crippen molar-refractivity contribution in [2.45, 2.75) is 13.0 Å². The summed E-state index contributed by atoms with van der Waals surface area (Å²) in [6, 6.07) is 1.99. The lowest BCUT2D eigenvalue weighted by molar-refractivity contribution is 0.482. The van der Waals surface area contributed by atoms with E-state index in [1.807, 2.05) is 0 Å². The number of H-pyrrole nitrogens is 1. The first-order valence-corrected chi connectivity index (χ1v) is 4.79. The van der Waals surface area contributed by atoms with Gasteiger partial charge < -0.3 is 15.2 Å². The van der Waals surface area contributed by atoms with Crippen LogP contribution >= 0.6 is 0 Å². The van der Waals surface area contributed by atoms with Crippen LogP contribution in [0.3, 0.4) is 0 Å². The molecule has 0 radical (unpaired) electrons. The summed E-state index contributed by atoms with van der Waals surface area (Å²) >= 11 is 0. The van der Waals surface area contributed by atoms with E-state index in [2.05, 4.69) is 27.1 Å². The summed E-state index contributed by atoms with van der Waals surface area (Å²) in [4.78, 5) is 19.9. The number of hydrogen-bond acceptors (Lipinski definition) is 4. The lowest BCUT2D eigenvalue weighted by atomic mass is 10.2. The normalized spacial score (nSPS) is 22.4. The molecule has 0 aromatic carbocycles. The summed E-state index contributed by atoms with van der Waals surface area (Å²) < 4.78 is 0. The molecule has 1 fully saturated rings. The maximum Gasteiger partial charge on any atom is 0.252 e. The Labute approximate surface area is 82.2 Å². The van der Waals surface area contributed by atoms with Crippen LogP contribution in [-0.4, -0.2) is 35.6 Å². The van der Waals surface area contributed by atoms with Gasteiger partial charge in [0.2, 0.25) is 0 Å². The highest BCUT2D eigenvalue weighted by atomic mass is 16.1. The molecule has 0 spiro atoms. The second-order valence-corrected chi connectivity index (χ2v) is 3.57. The Balaban J connectivity index is 2.18. The van der Waals surface area contributed by atoms with Crippen LogP contribution in [0.25, 0.3) is 0 Å². The molecule has 14 heavy (non-hydrogen) atoms. The van der Waals surface area contributed by atoms with E-state index in [0.717, 1.165) is 25.5 Å². The number of aromatic amines is 1. The SMILES string of the molecule is C[C@@H]1CN(c2cc(=O)[nH]cn2)CCN1. The number of aromatic nitrogens is 2. The lowest BCUT2D eigenvalue weighted by Gasteiger charge is -2.32. The van der Waals surface area contributed by atoms with Crippen molar-refractivity contribution in [3.8, 4) is 0 Å². The van der Waals surface area contributed by atoms with Crippen LogP contribution in [0, 0.1) is 0 Å². The molecule has 0 unspecified atom stereocenters. The average Bonchev–Trinajstić information content (AvgIpc) is 2.18. The van der Waals surface area contributed by atoms with Gasteiger partial charge in [-0.05, 0) is 6.92 Å². The van der Waals surface area contributed by atoms with Gasteiger partial charge in [0.05, 0.1) is 6.33 Å². The van der Waals surface area contributed by atoms with Gasteiger partial charge in [0, 0.05) is 31.7 Å². The first-order valence-electron chi connectivity index (χ1n) is 4.79. The predicted molar refractivity (Wildman–Crippen MR) is 54.5 cm³/mol. The molecule has 1 aliphatic rings. The number of nitrogens with zero attached hydrogens (tertiary/aromatic N) is 2. The smallest absolute Gasteiger partial charge is 0.252 e. The quantitative estimate of drug-likeness (QED) is 0.636. The highest BCUT2D eigenvalue weighted by Gasteiger charge is 2.16. The molecule has 1 saturated heterocycles. The zero-order valence-corrected chi connectivity index (χ0v) is 8.16. The van der Waals surface area contributed by atoms with E-state index in [0.29, 0.717) is 6.04 Å². The van der Waals surface area contributed by atoms with Gasteiger partial charge in [-0.25, -0.2) is 4.98 Å². The molecule has 2 heterocycles. The topological polar surface area (TPSA) is 61.0 Å². The van der Waals surface area contributed by atoms with Gasteiger partial charge in [-0.15, -0.1) is 0 Å². The fraction of sp³-hybridized carbons (Fsp3) is 0.556. The van der Waals surface area contributed by atoms with Gasteiger partial charge in [-0.1, -0.05) is 0 Å². The van der Waals surface area contributed by atoms with Crippen molar-refractivity contribution in [2.75, 3.05) is 24.5 Å². The summed E-state index contributed by atoms with van der Waals surface area (Å²) in [7, 11) is 0. The van der Waals surface area contributed by atoms with Crippen molar-refractivity contribution in [1.29, 1.82) is 0 Å². The molecule has 0 bridgehead atoms. The van der Waals surface area contributed by atoms with Crippen LogP contribution in [0.2, 0.25) is 0 Å². The Morgan fingerprint density at radius 1 is 1.64 bits per heavy atom. The van der Waals surface area contributed by atoms with Crippen molar-refractivity contribution in [3.63, 3.8) is 0 Å². The number of nitrogens with one attached hydrogen (secondary N) is 2. The van der Waals surface area contributed by atoms with Crippen molar-refractivity contribution >= 4 is 5.82 Å². The highest BCUT2D eigenvalue weighted by Crippen LogP contribution is 2.08. The van der Waals surface area contributed by atoms with E-state index in [1.165, 1.54) is 12.4 Å². The van der Waals surface area contributed by atoms with Crippen LogP contribution in [0.1, 0.15) is 6.92 Å². The van der Waals surface area contributed by atoms with E-state index in [1.54, 1.807) is 0 Å². The molecule has 2 rings (SSSR count). The minimum atomic E-state index is -0.0961. The average molecular weight is 194 g/mol. The van der Waals surface area contributed by atoms with Crippen LogP contribution in [0.4, 0.5) is 5.82 Å². The van der Waals surface area contributed by atoms with Crippen molar-refractivity contribution < 1.29 is 0 Å². The van der Waals surface area contributed by atoms with Crippen LogP contribution in [0.15, 0.2) is 17.2 Å². The monoisotopic (exact) mass is 194 g/mol. The molecule has 5 heteroatoms. The standard InChI is InChI=1S/C9H14N4O/c1-7-5-13(3-2-10-7)8-4-9(14)12-6-11-8/h4,6-7,10H,2-3,5H2,1H3,(H,11,12,14)/t7-/m1/s1. The molecule has 0 amide bonds. The third-order valence-corrected chi connectivity index (χ3v) is 2.36. The Morgan fingerprint density at radius 3 is 3.21 bits per heavy atom. The Kier molecular flexibility index (Phi) is 2.49. The minimum absolute atomic E-state index is 0.0961. The summed E-state index contributed by atoms with van der Waals surface area (Å²) in [5, 5.41) is 3.34. The number of piperazine rings is 1. The molecule has 0 saturated carbocycles. The molecule has 0 aliphatic carbocycles. The van der Waals surface area contributed by atoms with Gasteiger partial charge >= 0.3 is 0 Å². The largest absolute Gasteiger partial charge is 0.354 e. The molecule has 1 aromatic rings. The Bertz CT molecular complexity index is 362. The van der Waals surface area contributed by atoms with E-state index in [9.17, 15) is 4.79 Å². The molecule has 76 valence electrons. The molecule has 1 aliphatic heterocycles. The zero-order chi connectivity index (χ0) is 9.97. The summed E-state index contributed by atoms with van der Waals surface area (Å²) in [5.74, 6) is 0.766. The van der Waals surface area contributed by atoms with E-state index in [4.69, 9.17) is 0 Å². The number of rotatable bonds is 1. The summed E-state index contributed by atoms with van der Waals surface area (Å²) in [5.41, 5.74) is -0.0961. The van der Waals surface area contributed by atoms with Crippen LogP contribution in [0.5, 0.6) is 0 Å². The van der Waals surface area contributed by atoms with Crippen LogP contribution in [-0.2, 0) is 0 Å². The maximum atomic E-state index is 11.1. The number of hydrogen-bond donors (Lipinski definition) is 2. The van der Waals surface area contributed by atoms with Gasteiger partial charge in [0.15, 0.2) is 0 Å². The number of anilines is 1. The fourth-order valence-corrected chi connectivity index (χ4v) is 1.67. The molecular formula is C9H14N4O. The van der Waals surface area contributed by atoms with Crippen LogP contribution < -0.4 is 15.8 Å². The molecular weight excluding hydrogens is 180 g/mol. The fourth-order valence-electron chi connectivity index (χ4n) is 1.67. The summed E-state index contributed by atoms with van der Waals surface area (Å²) in [6.07, 6.45) is 1.45. The van der Waals surface area contributed by atoms with Gasteiger partial charge in [0.25, 0.3) is 5.56 Å². The predicted octanol–water partition coefficient (Wildman–Crippen LogP) is -0.432. The Morgan fingerprint density at radius 2 is 2.50 bits per heavy atom. The van der Waals surface area contributed by atoms with E-state index in [-0.39, 0.29) is 5.56 Å². The molecule has 2 N–H and O–H groups in total. The minimum Gasteiger partial charge on any atom is -0.354 e. The first kappa shape index (κ1) is 9.21. The van der Waals surface area contributed by atoms with Crippen molar-refractivity contribution in [3.05, 3.63) is 22.7 Å². The molecule has 1 atom stereocenters. The van der Waals surface area contributed by atoms with Crippen molar-refractivity contribution in [2.24, 2.45) is 0 Å². The summed E-state index contributed by atoms with van der Waals surface area (Å²) in [6.45, 7) is 4.87. The lowest BCUT2D eigenvalue weighted by Crippen LogP contribution is -2.49. The molecule has 1 aromatic heterocycles. The zero-order valence-electron chi connectivity index (χ0n) is 8.16. The van der Waals surface area contributed by atoms with Crippen molar-refractivity contribution in [1.82, 2.24) is 15.3 Å². The first-order chi connectivity index (χ1) is 6.75. The Hall–Kier alpha value is -1.36. The highest BCUT2D eigenvalue weighted by molar-refractivity contribution is 5.37. The van der Waals surface area contributed by atoms with Gasteiger partial charge in [-0.3, -0.25) is 4.79 Å².